The van der Waals surface area contributed by atoms with Gasteiger partial charge in [0.25, 0.3) is 0 Å². The molecule has 2 nitrogen and oxygen atoms in total. The summed E-state index contributed by atoms with van der Waals surface area (Å²) >= 11 is 3.52. The number of fused-ring (bicyclic) bond motifs is 1. The van der Waals surface area contributed by atoms with Gasteiger partial charge in [-0.15, -0.1) is 0 Å². The van der Waals surface area contributed by atoms with Crippen LogP contribution in [0.4, 0.5) is 11.4 Å². The summed E-state index contributed by atoms with van der Waals surface area (Å²) < 4.78 is 1.14. The molecule has 0 radical (unpaired) electrons. The van der Waals surface area contributed by atoms with E-state index in [1.54, 1.807) is 0 Å². The van der Waals surface area contributed by atoms with Crippen molar-refractivity contribution in [2.24, 2.45) is 5.92 Å². The highest BCUT2D eigenvalue weighted by atomic mass is 79.9. The molecule has 1 fully saturated rings. The average molecular weight is 295 g/mol. The number of hydrogen-bond donors (Lipinski definition) is 2. The maximum Gasteiger partial charge on any atom is 0.0588 e. The molecule has 1 aliphatic carbocycles. The van der Waals surface area contributed by atoms with Crippen LogP contribution in [0.3, 0.4) is 0 Å². The van der Waals surface area contributed by atoms with Gasteiger partial charge in [-0.1, -0.05) is 35.7 Å². The first-order chi connectivity index (χ1) is 8.17. The van der Waals surface area contributed by atoms with Crippen LogP contribution in [0, 0.1) is 5.92 Å². The Hall–Kier alpha value is -0.700. The summed E-state index contributed by atoms with van der Waals surface area (Å²) in [5, 5.41) is 7.38. The lowest BCUT2D eigenvalue weighted by Crippen LogP contribution is -2.50. The van der Waals surface area contributed by atoms with Crippen LogP contribution < -0.4 is 10.6 Å². The van der Waals surface area contributed by atoms with Crippen molar-refractivity contribution in [1.29, 1.82) is 0 Å². The molecule has 3 heteroatoms. The molecule has 2 unspecified atom stereocenters. The quantitative estimate of drug-likeness (QED) is 0.748. The summed E-state index contributed by atoms with van der Waals surface area (Å²) in [4.78, 5) is 0. The molecule has 2 N–H and O–H groups in total. The zero-order chi connectivity index (χ0) is 11.9. The smallest absolute Gasteiger partial charge is 0.0588 e. The fraction of sp³-hybridized carbons (Fsp3) is 0.571. The minimum absolute atomic E-state index is 0.290. The summed E-state index contributed by atoms with van der Waals surface area (Å²) in [5.41, 5.74) is 2.77. The molecule has 0 bridgehead atoms. The van der Waals surface area contributed by atoms with Crippen LogP contribution in [0.1, 0.15) is 32.6 Å². The minimum Gasteiger partial charge on any atom is -0.381 e. The normalized spacial score (nSPS) is 31.5. The first-order valence-corrected chi connectivity index (χ1v) is 7.28. The van der Waals surface area contributed by atoms with E-state index in [1.165, 1.54) is 37.1 Å². The summed E-state index contributed by atoms with van der Waals surface area (Å²) in [6, 6.07) is 6.44. The van der Waals surface area contributed by atoms with Gasteiger partial charge in [0.1, 0.15) is 0 Å². The Morgan fingerprint density at radius 1 is 1.35 bits per heavy atom. The summed E-state index contributed by atoms with van der Waals surface area (Å²) in [5.74, 6) is 0.843. The molecule has 17 heavy (non-hydrogen) atoms. The van der Waals surface area contributed by atoms with Crippen molar-refractivity contribution in [2.75, 3.05) is 17.2 Å². The lowest BCUT2D eigenvalue weighted by molar-refractivity contribution is 0.266. The SMILES string of the molecule is CC1CCCC2(CNc3cc(Br)ccc3N2)C1. The molecule has 1 heterocycles. The standard InChI is InChI=1S/C14H19BrN2/c1-10-3-2-6-14(8-10)9-16-13-7-11(15)4-5-12(13)17-14/h4-5,7,10,16-17H,2-3,6,8-9H2,1H3. The van der Waals surface area contributed by atoms with E-state index in [9.17, 15) is 0 Å². The molecule has 0 aromatic heterocycles. The van der Waals surface area contributed by atoms with E-state index in [1.807, 2.05) is 0 Å². The van der Waals surface area contributed by atoms with Gasteiger partial charge < -0.3 is 10.6 Å². The van der Waals surface area contributed by atoms with Gasteiger partial charge in [-0.05, 0) is 37.0 Å². The third kappa shape index (κ3) is 2.17. The van der Waals surface area contributed by atoms with E-state index < -0.39 is 0 Å². The summed E-state index contributed by atoms with van der Waals surface area (Å²) in [7, 11) is 0. The van der Waals surface area contributed by atoms with Crippen LogP contribution in [0.25, 0.3) is 0 Å². The fourth-order valence-electron chi connectivity index (χ4n) is 3.30. The largest absolute Gasteiger partial charge is 0.381 e. The topological polar surface area (TPSA) is 24.1 Å². The molecular formula is C14H19BrN2. The van der Waals surface area contributed by atoms with E-state index in [0.717, 1.165) is 16.9 Å². The summed E-state index contributed by atoms with van der Waals surface area (Å²) in [6.45, 7) is 3.43. The number of benzene rings is 1. The first kappa shape index (κ1) is 11.4. The third-order valence-corrected chi connectivity index (χ3v) is 4.58. The van der Waals surface area contributed by atoms with Crippen molar-refractivity contribution >= 4 is 27.3 Å². The maximum atomic E-state index is 3.79. The monoisotopic (exact) mass is 294 g/mol. The van der Waals surface area contributed by atoms with Gasteiger partial charge >= 0.3 is 0 Å². The highest BCUT2D eigenvalue weighted by Crippen LogP contribution is 2.40. The van der Waals surface area contributed by atoms with Crippen molar-refractivity contribution in [3.63, 3.8) is 0 Å². The molecule has 3 rings (SSSR count). The van der Waals surface area contributed by atoms with E-state index in [-0.39, 0.29) is 0 Å². The Bertz CT molecular complexity index is 432. The van der Waals surface area contributed by atoms with E-state index in [0.29, 0.717) is 5.54 Å². The van der Waals surface area contributed by atoms with E-state index in [4.69, 9.17) is 0 Å². The Morgan fingerprint density at radius 2 is 2.24 bits per heavy atom. The molecule has 92 valence electrons. The number of nitrogens with one attached hydrogen (secondary N) is 2. The van der Waals surface area contributed by atoms with Crippen molar-refractivity contribution in [3.8, 4) is 0 Å². The summed E-state index contributed by atoms with van der Waals surface area (Å²) in [6.07, 6.45) is 5.31. The van der Waals surface area contributed by atoms with Gasteiger partial charge in [-0.3, -0.25) is 0 Å². The molecule has 2 atom stereocenters. The second-order valence-electron chi connectivity index (χ2n) is 5.65. The Balaban J connectivity index is 1.86. The average Bonchev–Trinajstić information content (AvgIpc) is 2.30. The van der Waals surface area contributed by atoms with Gasteiger partial charge in [0.15, 0.2) is 0 Å². The third-order valence-electron chi connectivity index (χ3n) is 4.09. The number of hydrogen-bond acceptors (Lipinski definition) is 2. The van der Waals surface area contributed by atoms with Crippen LogP contribution in [-0.4, -0.2) is 12.1 Å². The molecule has 1 saturated carbocycles. The predicted octanol–water partition coefficient (Wildman–Crippen LogP) is 4.24. The van der Waals surface area contributed by atoms with E-state index >= 15 is 0 Å². The van der Waals surface area contributed by atoms with Gasteiger partial charge in [-0.25, -0.2) is 0 Å². The van der Waals surface area contributed by atoms with Crippen molar-refractivity contribution in [1.82, 2.24) is 0 Å². The second kappa shape index (κ2) is 4.20. The molecule has 1 aliphatic heterocycles. The van der Waals surface area contributed by atoms with Gasteiger partial charge in [0.2, 0.25) is 0 Å². The molecule has 1 spiro atoms. The van der Waals surface area contributed by atoms with Crippen LogP contribution in [0.2, 0.25) is 0 Å². The molecular weight excluding hydrogens is 276 g/mol. The number of rotatable bonds is 0. The lowest BCUT2D eigenvalue weighted by atomic mass is 9.75. The van der Waals surface area contributed by atoms with Crippen LogP contribution in [0.5, 0.6) is 0 Å². The van der Waals surface area contributed by atoms with E-state index in [2.05, 4.69) is 51.7 Å². The Morgan fingerprint density at radius 3 is 3.06 bits per heavy atom. The highest BCUT2D eigenvalue weighted by molar-refractivity contribution is 9.10. The fourth-order valence-corrected chi connectivity index (χ4v) is 3.66. The van der Waals surface area contributed by atoms with Crippen molar-refractivity contribution < 1.29 is 0 Å². The van der Waals surface area contributed by atoms with Crippen molar-refractivity contribution in [3.05, 3.63) is 22.7 Å². The Kier molecular flexibility index (Phi) is 2.81. The van der Waals surface area contributed by atoms with Crippen molar-refractivity contribution in [2.45, 2.75) is 38.1 Å². The van der Waals surface area contributed by atoms with Gasteiger partial charge in [0.05, 0.1) is 16.9 Å². The highest BCUT2D eigenvalue weighted by Gasteiger charge is 2.37. The van der Waals surface area contributed by atoms with Crippen LogP contribution in [-0.2, 0) is 0 Å². The zero-order valence-corrected chi connectivity index (χ0v) is 11.8. The minimum atomic E-state index is 0.290. The molecule has 1 aromatic rings. The first-order valence-electron chi connectivity index (χ1n) is 6.49. The molecule has 0 amide bonds. The van der Waals surface area contributed by atoms with Gasteiger partial charge in [0, 0.05) is 11.0 Å². The molecule has 0 saturated heterocycles. The lowest BCUT2D eigenvalue weighted by Gasteiger charge is -2.45. The number of anilines is 2. The second-order valence-corrected chi connectivity index (χ2v) is 6.57. The zero-order valence-electron chi connectivity index (χ0n) is 10.2. The molecule has 1 aromatic carbocycles. The van der Waals surface area contributed by atoms with Crippen LogP contribution in [0.15, 0.2) is 22.7 Å². The van der Waals surface area contributed by atoms with Gasteiger partial charge in [-0.2, -0.15) is 0 Å². The maximum absolute atomic E-state index is 3.79. The number of halogens is 1. The Labute approximate surface area is 111 Å². The predicted molar refractivity (Wildman–Crippen MR) is 76.6 cm³/mol. The van der Waals surface area contributed by atoms with Crippen LogP contribution >= 0.6 is 15.9 Å². The molecule has 2 aliphatic rings.